The Morgan fingerprint density at radius 3 is 2.76 bits per heavy atom. The predicted octanol–water partition coefficient (Wildman–Crippen LogP) is -0.0461. The van der Waals surface area contributed by atoms with Gasteiger partial charge in [0.05, 0.1) is 13.2 Å². The summed E-state index contributed by atoms with van der Waals surface area (Å²) in [5.41, 5.74) is 0.196. The van der Waals surface area contributed by atoms with Gasteiger partial charge < -0.3 is 4.74 Å². The fraction of sp³-hybridized carbons (Fsp3) is 0.538. The maximum atomic E-state index is 12.0. The number of nitrogens with zero attached hydrogens (tertiary/aromatic N) is 3. The van der Waals surface area contributed by atoms with Gasteiger partial charge in [-0.05, 0) is 25.1 Å². The third-order valence-electron chi connectivity index (χ3n) is 3.21. The van der Waals surface area contributed by atoms with Gasteiger partial charge in [-0.1, -0.05) is 0 Å². The zero-order chi connectivity index (χ0) is 15.1. The van der Waals surface area contributed by atoms with Gasteiger partial charge in [-0.3, -0.25) is 4.90 Å². The van der Waals surface area contributed by atoms with Crippen molar-refractivity contribution >= 4 is 10.0 Å². The van der Waals surface area contributed by atoms with E-state index >= 15 is 0 Å². The zero-order valence-corrected chi connectivity index (χ0v) is 12.5. The van der Waals surface area contributed by atoms with Crippen LogP contribution in [0, 0.1) is 11.3 Å². The molecule has 1 aliphatic heterocycles. The molecule has 2 heterocycles. The van der Waals surface area contributed by atoms with Crippen LogP contribution in [0.2, 0.25) is 0 Å². The monoisotopic (exact) mass is 310 g/mol. The van der Waals surface area contributed by atoms with E-state index in [9.17, 15) is 8.42 Å². The molecule has 1 aliphatic rings. The number of hydrogen-bond donors (Lipinski definition) is 1. The van der Waals surface area contributed by atoms with Crippen LogP contribution in [0.15, 0.2) is 23.2 Å². The summed E-state index contributed by atoms with van der Waals surface area (Å²) in [7, 11) is -3.55. The minimum Gasteiger partial charge on any atom is -0.379 e. The molecular weight excluding hydrogens is 292 g/mol. The van der Waals surface area contributed by atoms with Crippen LogP contribution in [0.3, 0.4) is 0 Å². The lowest BCUT2D eigenvalue weighted by molar-refractivity contribution is 0.0376. The van der Waals surface area contributed by atoms with Crippen LogP contribution >= 0.6 is 0 Å². The number of morpholine rings is 1. The van der Waals surface area contributed by atoms with E-state index in [4.69, 9.17) is 10.00 Å². The quantitative estimate of drug-likeness (QED) is 0.740. The van der Waals surface area contributed by atoms with Gasteiger partial charge >= 0.3 is 0 Å². The van der Waals surface area contributed by atoms with Gasteiger partial charge in [0.25, 0.3) is 0 Å². The molecule has 1 aromatic heterocycles. The number of nitriles is 1. The molecule has 0 unspecified atom stereocenters. The highest BCUT2D eigenvalue weighted by Gasteiger charge is 2.14. The van der Waals surface area contributed by atoms with Crippen LogP contribution in [0.25, 0.3) is 0 Å². The van der Waals surface area contributed by atoms with E-state index in [1.807, 2.05) is 6.07 Å². The molecule has 8 heteroatoms. The van der Waals surface area contributed by atoms with Crippen molar-refractivity contribution in [3.05, 3.63) is 24.0 Å². The van der Waals surface area contributed by atoms with E-state index in [1.165, 1.54) is 18.3 Å². The van der Waals surface area contributed by atoms with Crippen molar-refractivity contribution in [1.82, 2.24) is 14.6 Å². The first-order chi connectivity index (χ1) is 10.1. The van der Waals surface area contributed by atoms with Crippen LogP contribution < -0.4 is 4.72 Å². The summed E-state index contributed by atoms with van der Waals surface area (Å²) in [5, 5.41) is 8.64. The van der Waals surface area contributed by atoms with Crippen molar-refractivity contribution in [2.24, 2.45) is 0 Å². The van der Waals surface area contributed by atoms with Crippen molar-refractivity contribution in [2.75, 3.05) is 39.4 Å². The molecule has 1 N–H and O–H groups in total. The van der Waals surface area contributed by atoms with Crippen LogP contribution in [0.1, 0.15) is 12.1 Å². The van der Waals surface area contributed by atoms with Crippen molar-refractivity contribution in [3.8, 4) is 6.07 Å². The van der Waals surface area contributed by atoms with E-state index in [-0.39, 0.29) is 10.6 Å². The maximum Gasteiger partial charge on any atom is 0.242 e. The first-order valence-electron chi connectivity index (χ1n) is 6.78. The van der Waals surface area contributed by atoms with Gasteiger partial charge in [-0.15, -0.1) is 0 Å². The SMILES string of the molecule is N#Cc1ccc(S(=O)(=O)NCCCN2CCOCC2)cn1. The van der Waals surface area contributed by atoms with Crippen molar-refractivity contribution < 1.29 is 13.2 Å². The summed E-state index contributed by atoms with van der Waals surface area (Å²) in [6.45, 7) is 4.49. The summed E-state index contributed by atoms with van der Waals surface area (Å²) in [6, 6.07) is 4.63. The van der Waals surface area contributed by atoms with Gasteiger partial charge in [0.1, 0.15) is 16.7 Å². The summed E-state index contributed by atoms with van der Waals surface area (Å²) in [4.78, 5) is 6.09. The Bertz CT molecular complexity index is 589. The molecule has 0 aliphatic carbocycles. The molecule has 0 spiro atoms. The highest BCUT2D eigenvalue weighted by Crippen LogP contribution is 2.07. The minimum atomic E-state index is -3.55. The van der Waals surface area contributed by atoms with Crippen molar-refractivity contribution in [2.45, 2.75) is 11.3 Å². The number of hydrogen-bond acceptors (Lipinski definition) is 6. The molecule has 0 aromatic carbocycles. The molecule has 1 fully saturated rings. The Morgan fingerprint density at radius 1 is 1.38 bits per heavy atom. The first kappa shape index (κ1) is 15.9. The number of ether oxygens (including phenoxy) is 1. The zero-order valence-electron chi connectivity index (χ0n) is 11.7. The Hall–Kier alpha value is -1.53. The van der Waals surface area contributed by atoms with E-state index in [1.54, 1.807) is 0 Å². The summed E-state index contributed by atoms with van der Waals surface area (Å²) in [5.74, 6) is 0. The molecule has 0 amide bonds. The molecule has 2 rings (SSSR count). The largest absolute Gasteiger partial charge is 0.379 e. The molecule has 21 heavy (non-hydrogen) atoms. The van der Waals surface area contributed by atoms with Gasteiger partial charge in [0, 0.05) is 25.8 Å². The van der Waals surface area contributed by atoms with Gasteiger partial charge in [0.2, 0.25) is 10.0 Å². The molecule has 0 radical (unpaired) electrons. The van der Waals surface area contributed by atoms with E-state index in [2.05, 4.69) is 14.6 Å². The Balaban J connectivity index is 1.79. The van der Waals surface area contributed by atoms with Crippen molar-refractivity contribution in [3.63, 3.8) is 0 Å². The standard InChI is InChI=1S/C13H18N4O3S/c14-10-12-2-3-13(11-15-12)21(18,19)16-4-1-5-17-6-8-20-9-7-17/h2-3,11,16H,1,4-9H2. The maximum absolute atomic E-state index is 12.0. The van der Waals surface area contributed by atoms with E-state index < -0.39 is 10.0 Å². The average molecular weight is 310 g/mol. The predicted molar refractivity (Wildman–Crippen MR) is 76.0 cm³/mol. The lowest BCUT2D eigenvalue weighted by Crippen LogP contribution is -2.38. The van der Waals surface area contributed by atoms with E-state index in [0.29, 0.717) is 6.54 Å². The molecule has 1 aromatic rings. The smallest absolute Gasteiger partial charge is 0.242 e. The molecule has 0 bridgehead atoms. The highest BCUT2D eigenvalue weighted by molar-refractivity contribution is 7.89. The second-order valence-electron chi connectivity index (χ2n) is 4.70. The van der Waals surface area contributed by atoms with Gasteiger partial charge in [-0.25, -0.2) is 18.1 Å². The fourth-order valence-electron chi connectivity index (χ4n) is 2.02. The second kappa shape index (κ2) is 7.47. The molecule has 0 saturated carbocycles. The third-order valence-corrected chi connectivity index (χ3v) is 4.65. The fourth-order valence-corrected chi connectivity index (χ4v) is 3.04. The average Bonchev–Trinajstić information content (AvgIpc) is 2.53. The van der Waals surface area contributed by atoms with Gasteiger partial charge in [0.15, 0.2) is 0 Å². The van der Waals surface area contributed by atoms with Crippen LogP contribution in [0.4, 0.5) is 0 Å². The van der Waals surface area contributed by atoms with Crippen LogP contribution in [-0.4, -0.2) is 57.7 Å². The number of rotatable bonds is 6. The summed E-state index contributed by atoms with van der Waals surface area (Å²) >= 11 is 0. The topological polar surface area (TPSA) is 95.3 Å². The summed E-state index contributed by atoms with van der Waals surface area (Å²) < 4.78 is 31.8. The molecule has 114 valence electrons. The number of nitrogens with one attached hydrogen (secondary N) is 1. The van der Waals surface area contributed by atoms with Crippen molar-refractivity contribution in [1.29, 1.82) is 5.26 Å². The lowest BCUT2D eigenvalue weighted by atomic mass is 10.3. The first-order valence-corrected chi connectivity index (χ1v) is 8.26. The molecule has 7 nitrogen and oxygen atoms in total. The van der Waals surface area contributed by atoms with Crippen LogP contribution in [0.5, 0.6) is 0 Å². The van der Waals surface area contributed by atoms with Crippen LogP contribution in [-0.2, 0) is 14.8 Å². The number of sulfonamides is 1. The van der Waals surface area contributed by atoms with E-state index in [0.717, 1.165) is 39.3 Å². The molecular formula is C13H18N4O3S. The third kappa shape index (κ3) is 4.75. The molecule has 1 saturated heterocycles. The Labute approximate surface area is 124 Å². The highest BCUT2D eigenvalue weighted by atomic mass is 32.2. The normalized spacial score (nSPS) is 16.5. The molecule has 0 atom stereocenters. The Morgan fingerprint density at radius 2 is 2.14 bits per heavy atom. The van der Waals surface area contributed by atoms with Gasteiger partial charge in [-0.2, -0.15) is 5.26 Å². The second-order valence-corrected chi connectivity index (χ2v) is 6.46. The lowest BCUT2D eigenvalue weighted by Gasteiger charge is -2.26. The Kier molecular flexibility index (Phi) is 5.64. The summed E-state index contributed by atoms with van der Waals surface area (Å²) in [6.07, 6.45) is 1.94. The minimum absolute atomic E-state index is 0.0767. The number of pyridine rings is 1. The number of aromatic nitrogens is 1.